The van der Waals surface area contributed by atoms with E-state index in [4.69, 9.17) is 0 Å². The van der Waals surface area contributed by atoms with E-state index in [0.29, 0.717) is 12.3 Å². The lowest BCUT2D eigenvalue weighted by molar-refractivity contribution is -0.194. The topological polar surface area (TPSA) is 57.5 Å². The van der Waals surface area contributed by atoms with Gasteiger partial charge in [-0.05, 0) is 44.4 Å². The maximum absolute atomic E-state index is 10.6. The van der Waals surface area contributed by atoms with Crippen LogP contribution in [0.25, 0.3) is 0 Å². The van der Waals surface area contributed by atoms with Crippen molar-refractivity contribution in [2.75, 3.05) is 0 Å². The van der Waals surface area contributed by atoms with Crippen LogP contribution in [0.2, 0.25) is 0 Å². The fraction of sp³-hybridized carbons (Fsp3) is 0.786. The predicted molar refractivity (Wildman–Crippen MR) is 67.3 cm³/mol. The van der Waals surface area contributed by atoms with Crippen molar-refractivity contribution in [1.29, 1.82) is 0 Å². The van der Waals surface area contributed by atoms with Crippen molar-refractivity contribution in [3.8, 4) is 0 Å². The molecule has 0 aliphatic heterocycles. The van der Waals surface area contributed by atoms with Crippen molar-refractivity contribution in [3.05, 3.63) is 12.2 Å². The Balaban J connectivity index is 2.71. The summed E-state index contributed by atoms with van der Waals surface area (Å²) in [4.78, 5) is 10.6. The van der Waals surface area contributed by atoms with Gasteiger partial charge in [-0.3, -0.25) is 0 Å². The molecule has 0 amide bonds. The van der Waals surface area contributed by atoms with Crippen LogP contribution in [-0.2, 0) is 4.79 Å². The van der Waals surface area contributed by atoms with Gasteiger partial charge >= 0.3 is 0 Å². The highest BCUT2D eigenvalue weighted by Gasteiger charge is 2.43. The second-order valence-corrected chi connectivity index (χ2v) is 5.22. The summed E-state index contributed by atoms with van der Waals surface area (Å²) < 4.78 is 0. The van der Waals surface area contributed by atoms with Crippen molar-refractivity contribution in [3.63, 3.8) is 0 Å². The van der Waals surface area contributed by atoms with E-state index in [-0.39, 0.29) is 11.8 Å². The molecular weight excluding hydrogens is 216 g/mol. The summed E-state index contributed by atoms with van der Waals surface area (Å²) in [6, 6.07) is 0. The Kier molecular flexibility index (Phi) is 5.34. The highest BCUT2D eigenvalue weighted by atomic mass is 16.5. The molecule has 1 fully saturated rings. The van der Waals surface area contributed by atoms with Gasteiger partial charge < -0.3 is 15.0 Å². The fourth-order valence-corrected chi connectivity index (χ4v) is 3.02. The van der Waals surface area contributed by atoms with E-state index in [2.05, 4.69) is 19.1 Å². The van der Waals surface area contributed by atoms with E-state index in [0.717, 1.165) is 32.0 Å². The maximum atomic E-state index is 10.6. The number of hydrogen-bond acceptors (Lipinski definition) is 3. The van der Waals surface area contributed by atoms with Gasteiger partial charge in [0.2, 0.25) is 0 Å². The summed E-state index contributed by atoms with van der Waals surface area (Å²) in [5.74, 6) is -1.22. The standard InChI is InChI=1S/C14H24O3/c1-3-4-5-6-12-11(9-10-15)7-8-13(12)14(2,16)17/h4-5,10-13,16-17H,3,6-9H2,1-2H3/b5-4-. The molecule has 0 saturated heterocycles. The van der Waals surface area contributed by atoms with E-state index < -0.39 is 5.79 Å². The Bertz CT molecular complexity index is 265. The second kappa shape index (κ2) is 6.31. The van der Waals surface area contributed by atoms with E-state index in [9.17, 15) is 15.0 Å². The molecule has 3 nitrogen and oxygen atoms in total. The van der Waals surface area contributed by atoms with Gasteiger partial charge in [0.1, 0.15) is 6.29 Å². The highest BCUT2D eigenvalue weighted by Crippen LogP contribution is 2.45. The summed E-state index contributed by atoms with van der Waals surface area (Å²) in [6.07, 6.45) is 9.25. The van der Waals surface area contributed by atoms with Crippen LogP contribution in [0, 0.1) is 17.8 Å². The Morgan fingerprint density at radius 2 is 1.94 bits per heavy atom. The summed E-state index contributed by atoms with van der Waals surface area (Å²) in [5, 5.41) is 19.5. The largest absolute Gasteiger partial charge is 0.366 e. The molecule has 0 radical (unpaired) electrons. The first kappa shape index (κ1) is 14.4. The van der Waals surface area contributed by atoms with Gasteiger partial charge in [0.15, 0.2) is 5.79 Å². The Hall–Kier alpha value is -0.670. The SMILES string of the molecule is CC/C=C\CC1C(CC=O)CCC1C(C)(O)O. The summed E-state index contributed by atoms with van der Waals surface area (Å²) in [5.41, 5.74) is 0. The molecule has 1 aliphatic carbocycles. The van der Waals surface area contributed by atoms with Crippen molar-refractivity contribution >= 4 is 6.29 Å². The molecule has 17 heavy (non-hydrogen) atoms. The molecule has 1 saturated carbocycles. The first-order valence-corrected chi connectivity index (χ1v) is 6.54. The number of carbonyl (C=O) groups excluding carboxylic acids is 1. The first-order chi connectivity index (χ1) is 8.00. The molecule has 3 atom stereocenters. The number of allylic oxidation sites excluding steroid dienone is 2. The van der Waals surface area contributed by atoms with Crippen LogP contribution in [0.15, 0.2) is 12.2 Å². The van der Waals surface area contributed by atoms with Crippen LogP contribution in [0.5, 0.6) is 0 Å². The van der Waals surface area contributed by atoms with Gasteiger partial charge in [-0.1, -0.05) is 19.1 Å². The van der Waals surface area contributed by atoms with E-state index in [1.165, 1.54) is 6.92 Å². The van der Waals surface area contributed by atoms with Gasteiger partial charge in [0.05, 0.1) is 0 Å². The van der Waals surface area contributed by atoms with Crippen molar-refractivity contribution in [1.82, 2.24) is 0 Å². The molecule has 98 valence electrons. The van der Waals surface area contributed by atoms with Crippen LogP contribution in [0.1, 0.15) is 46.0 Å². The van der Waals surface area contributed by atoms with E-state index in [1.807, 2.05) is 0 Å². The van der Waals surface area contributed by atoms with Crippen LogP contribution in [0.3, 0.4) is 0 Å². The Morgan fingerprint density at radius 1 is 1.24 bits per heavy atom. The van der Waals surface area contributed by atoms with Gasteiger partial charge in [-0.15, -0.1) is 0 Å². The number of hydrogen-bond donors (Lipinski definition) is 2. The van der Waals surface area contributed by atoms with E-state index in [1.54, 1.807) is 0 Å². The van der Waals surface area contributed by atoms with Crippen molar-refractivity contribution in [2.24, 2.45) is 17.8 Å². The Morgan fingerprint density at radius 3 is 2.47 bits per heavy atom. The van der Waals surface area contributed by atoms with E-state index >= 15 is 0 Å². The summed E-state index contributed by atoms with van der Waals surface area (Å²) >= 11 is 0. The third-order valence-electron chi connectivity index (χ3n) is 3.88. The zero-order chi connectivity index (χ0) is 12.9. The molecule has 0 spiro atoms. The molecule has 0 aromatic carbocycles. The minimum atomic E-state index is -1.62. The minimum absolute atomic E-state index is 0.117. The Labute approximate surface area is 104 Å². The molecule has 0 aromatic rings. The normalized spacial score (nSPS) is 30.0. The quantitative estimate of drug-likeness (QED) is 0.425. The van der Waals surface area contributed by atoms with Crippen LogP contribution >= 0.6 is 0 Å². The molecule has 3 heteroatoms. The molecule has 3 unspecified atom stereocenters. The highest BCUT2D eigenvalue weighted by molar-refractivity contribution is 5.50. The maximum Gasteiger partial charge on any atom is 0.162 e. The second-order valence-electron chi connectivity index (χ2n) is 5.22. The zero-order valence-corrected chi connectivity index (χ0v) is 10.8. The predicted octanol–water partition coefficient (Wildman–Crippen LogP) is 2.27. The average Bonchev–Trinajstić information content (AvgIpc) is 2.62. The monoisotopic (exact) mass is 240 g/mol. The van der Waals surface area contributed by atoms with Crippen molar-refractivity contribution in [2.45, 2.75) is 51.7 Å². The molecule has 2 N–H and O–H groups in total. The molecular formula is C14H24O3. The minimum Gasteiger partial charge on any atom is -0.366 e. The fourth-order valence-electron chi connectivity index (χ4n) is 3.02. The van der Waals surface area contributed by atoms with Gasteiger partial charge in [-0.2, -0.15) is 0 Å². The smallest absolute Gasteiger partial charge is 0.162 e. The number of carbonyl (C=O) groups is 1. The van der Waals surface area contributed by atoms with Gasteiger partial charge in [0, 0.05) is 12.3 Å². The van der Waals surface area contributed by atoms with Gasteiger partial charge in [-0.25, -0.2) is 0 Å². The van der Waals surface area contributed by atoms with Crippen LogP contribution in [0.4, 0.5) is 0 Å². The lowest BCUT2D eigenvalue weighted by Crippen LogP contribution is -2.37. The van der Waals surface area contributed by atoms with Crippen LogP contribution < -0.4 is 0 Å². The molecule has 1 rings (SSSR count). The lowest BCUT2D eigenvalue weighted by Gasteiger charge is -2.31. The summed E-state index contributed by atoms with van der Waals surface area (Å²) in [7, 11) is 0. The first-order valence-electron chi connectivity index (χ1n) is 6.54. The van der Waals surface area contributed by atoms with Crippen molar-refractivity contribution < 1.29 is 15.0 Å². The molecule has 0 aromatic heterocycles. The number of aliphatic hydroxyl groups is 2. The third-order valence-corrected chi connectivity index (χ3v) is 3.88. The third kappa shape index (κ3) is 3.93. The lowest BCUT2D eigenvalue weighted by atomic mass is 9.81. The summed E-state index contributed by atoms with van der Waals surface area (Å²) in [6.45, 7) is 3.53. The molecule has 1 aliphatic rings. The van der Waals surface area contributed by atoms with Crippen LogP contribution in [-0.4, -0.2) is 22.3 Å². The zero-order valence-electron chi connectivity index (χ0n) is 10.8. The molecule has 0 bridgehead atoms. The average molecular weight is 240 g/mol. The number of aldehydes is 1. The molecule has 0 heterocycles. The van der Waals surface area contributed by atoms with Gasteiger partial charge in [0.25, 0.3) is 0 Å². The number of rotatable bonds is 6.